The number of hydrogen-bond donors (Lipinski definition) is 1. The number of likely N-dealkylation sites (N-methyl/N-ethyl adjacent to an activating group) is 1. The van der Waals surface area contributed by atoms with Gasteiger partial charge in [-0.1, -0.05) is 0 Å². The number of morpholine rings is 1. The second kappa shape index (κ2) is 6.77. The van der Waals surface area contributed by atoms with Crippen LogP contribution in [0.1, 0.15) is 13.8 Å². The van der Waals surface area contributed by atoms with E-state index in [4.69, 9.17) is 10.5 Å². The van der Waals surface area contributed by atoms with Gasteiger partial charge in [-0.3, -0.25) is 4.90 Å². The molecule has 1 aliphatic rings. The van der Waals surface area contributed by atoms with Gasteiger partial charge < -0.3 is 15.4 Å². The Kier molecular flexibility index (Phi) is 6.82. The molecule has 0 aromatic heterocycles. The lowest BCUT2D eigenvalue weighted by Gasteiger charge is -2.37. The van der Waals surface area contributed by atoms with Crippen LogP contribution in [0.25, 0.3) is 0 Å². The normalized spacial score (nSPS) is 23.2. The van der Waals surface area contributed by atoms with E-state index in [1.807, 2.05) is 0 Å². The van der Waals surface area contributed by atoms with Crippen LogP contribution in [0.5, 0.6) is 0 Å². The zero-order valence-electron chi connectivity index (χ0n) is 10.9. The smallest absolute Gasteiger partial charge is 0.0829 e. The van der Waals surface area contributed by atoms with Crippen molar-refractivity contribution in [2.24, 2.45) is 5.73 Å². The third-order valence-corrected chi connectivity index (χ3v) is 2.42. The number of halogens is 1. The summed E-state index contributed by atoms with van der Waals surface area (Å²) in [5.41, 5.74) is 5.91. The average molecular weight is 252 g/mol. The lowest BCUT2D eigenvalue weighted by Crippen LogP contribution is -2.53. The first-order valence-corrected chi connectivity index (χ1v) is 5.64. The molecule has 0 radical (unpaired) electrons. The molecule has 0 aliphatic carbocycles. The molecule has 4 nitrogen and oxygen atoms in total. The summed E-state index contributed by atoms with van der Waals surface area (Å²) in [6.45, 7) is 8.91. The van der Waals surface area contributed by atoms with Gasteiger partial charge in [0.1, 0.15) is 0 Å². The van der Waals surface area contributed by atoms with Crippen molar-refractivity contribution in [1.29, 1.82) is 0 Å². The fraction of sp³-hybridized carbons (Fsp3) is 1.00. The average Bonchev–Trinajstić information content (AvgIpc) is 1.99. The maximum absolute atomic E-state index is 6.02. The highest BCUT2D eigenvalue weighted by Gasteiger charge is 2.24. The number of ether oxygens (including phenoxy) is 1. The van der Waals surface area contributed by atoms with Gasteiger partial charge in [0, 0.05) is 31.7 Å². The van der Waals surface area contributed by atoms with Crippen LogP contribution in [0, 0.1) is 0 Å². The molecule has 1 rings (SSSR count). The third kappa shape index (κ3) is 6.66. The zero-order valence-corrected chi connectivity index (χ0v) is 11.7. The summed E-state index contributed by atoms with van der Waals surface area (Å²) >= 11 is 0. The maximum Gasteiger partial charge on any atom is 0.0829 e. The van der Waals surface area contributed by atoms with Gasteiger partial charge in [-0.2, -0.15) is 0 Å². The molecular weight excluding hydrogens is 226 g/mol. The van der Waals surface area contributed by atoms with E-state index in [1.165, 1.54) is 0 Å². The Labute approximate surface area is 106 Å². The van der Waals surface area contributed by atoms with Crippen LogP contribution >= 0.6 is 12.4 Å². The molecule has 1 aliphatic heterocycles. The summed E-state index contributed by atoms with van der Waals surface area (Å²) in [6, 6.07) is 0. The van der Waals surface area contributed by atoms with Gasteiger partial charge in [0.25, 0.3) is 0 Å². The molecule has 0 spiro atoms. The minimum atomic E-state index is -0.111. The minimum absolute atomic E-state index is 0. The van der Waals surface area contributed by atoms with Gasteiger partial charge in [0.15, 0.2) is 0 Å². The zero-order chi connectivity index (χ0) is 11.5. The first-order chi connectivity index (χ1) is 6.87. The van der Waals surface area contributed by atoms with Gasteiger partial charge in [0.05, 0.1) is 12.7 Å². The molecule has 16 heavy (non-hydrogen) atoms. The van der Waals surface area contributed by atoms with Crippen LogP contribution < -0.4 is 5.73 Å². The Morgan fingerprint density at radius 1 is 1.44 bits per heavy atom. The van der Waals surface area contributed by atoms with E-state index in [9.17, 15) is 0 Å². The summed E-state index contributed by atoms with van der Waals surface area (Å²) in [4.78, 5) is 4.57. The van der Waals surface area contributed by atoms with Crippen molar-refractivity contribution >= 4 is 12.4 Å². The molecule has 0 aromatic carbocycles. The van der Waals surface area contributed by atoms with Crippen molar-refractivity contribution in [1.82, 2.24) is 9.80 Å². The highest BCUT2D eigenvalue weighted by atomic mass is 35.5. The monoisotopic (exact) mass is 251 g/mol. The Morgan fingerprint density at radius 2 is 2.06 bits per heavy atom. The van der Waals surface area contributed by atoms with Crippen molar-refractivity contribution in [2.75, 3.05) is 46.9 Å². The summed E-state index contributed by atoms with van der Waals surface area (Å²) in [5.74, 6) is 0. The predicted octanol–water partition coefficient (Wildman–Crippen LogP) is 0.408. The van der Waals surface area contributed by atoms with E-state index in [2.05, 4.69) is 37.7 Å². The van der Waals surface area contributed by atoms with Crippen LogP contribution in [-0.4, -0.2) is 68.3 Å². The Morgan fingerprint density at radius 3 is 2.56 bits per heavy atom. The quantitative estimate of drug-likeness (QED) is 0.786. The topological polar surface area (TPSA) is 41.7 Å². The first kappa shape index (κ1) is 16.1. The van der Waals surface area contributed by atoms with Crippen molar-refractivity contribution in [3.05, 3.63) is 0 Å². The summed E-state index contributed by atoms with van der Waals surface area (Å²) in [5, 5.41) is 0. The van der Waals surface area contributed by atoms with Gasteiger partial charge >= 0.3 is 0 Å². The van der Waals surface area contributed by atoms with E-state index < -0.39 is 0 Å². The number of rotatable bonds is 4. The highest BCUT2D eigenvalue weighted by Crippen LogP contribution is 2.09. The Bertz CT molecular complexity index is 194. The predicted molar refractivity (Wildman–Crippen MR) is 70.2 cm³/mol. The molecule has 5 heteroatoms. The maximum atomic E-state index is 6.02. The molecule has 1 fully saturated rings. The van der Waals surface area contributed by atoms with Gasteiger partial charge in [0.2, 0.25) is 0 Å². The van der Waals surface area contributed by atoms with E-state index in [1.54, 1.807) is 0 Å². The number of hydrogen-bond acceptors (Lipinski definition) is 4. The lowest BCUT2D eigenvalue weighted by atomic mass is 10.1. The summed E-state index contributed by atoms with van der Waals surface area (Å²) in [7, 11) is 4.16. The number of nitrogens with two attached hydrogens (primary N) is 1. The second-order valence-electron chi connectivity index (χ2n) is 5.48. The summed E-state index contributed by atoms with van der Waals surface area (Å²) in [6.07, 6.45) is 0.330. The number of nitrogens with zero attached hydrogens (tertiary/aromatic N) is 2. The van der Waals surface area contributed by atoms with Crippen LogP contribution in [0.15, 0.2) is 0 Å². The van der Waals surface area contributed by atoms with Crippen LogP contribution in [0.4, 0.5) is 0 Å². The fourth-order valence-electron chi connectivity index (χ4n) is 2.02. The highest BCUT2D eigenvalue weighted by molar-refractivity contribution is 5.85. The van der Waals surface area contributed by atoms with Crippen molar-refractivity contribution in [3.63, 3.8) is 0 Å². The molecule has 0 aromatic rings. The van der Waals surface area contributed by atoms with E-state index in [0.29, 0.717) is 6.10 Å². The fourth-order valence-corrected chi connectivity index (χ4v) is 2.02. The van der Waals surface area contributed by atoms with Crippen molar-refractivity contribution in [3.8, 4) is 0 Å². The van der Waals surface area contributed by atoms with Crippen LogP contribution in [0.3, 0.4) is 0 Å². The van der Waals surface area contributed by atoms with Crippen LogP contribution in [-0.2, 0) is 4.74 Å². The van der Waals surface area contributed by atoms with Gasteiger partial charge in [-0.15, -0.1) is 12.4 Å². The lowest BCUT2D eigenvalue weighted by molar-refractivity contribution is -0.0421. The van der Waals surface area contributed by atoms with Crippen molar-refractivity contribution < 1.29 is 4.74 Å². The summed E-state index contributed by atoms with van der Waals surface area (Å²) < 4.78 is 5.71. The standard InChI is InChI=1S/C11H25N3O.ClH/c1-11(2,12)9-14-5-6-15-10(8-14)7-13(3)4;/h10H,5-9,12H2,1-4H3;1H. The molecule has 98 valence electrons. The Balaban J connectivity index is 0.00000225. The largest absolute Gasteiger partial charge is 0.374 e. The minimum Gasteiger partial charge on any atom is -0.374 e. The third-order valence-electron chi connectivity index (χ3n) is 2.42. The molecule has 0 saturated carbocycles. The molecule has 1 unspecified atom stereocenters. The molecule has 1 saturated heterocycles. The van der Waals surface area contributed by atoms with Crippen LogP contribution in [0.2, 0.25) is 0 Å². The van der Waals surface area contributed by atoms with Crippen molar-refractivity contribution in [2.45, 2.75) is 25.5 Å². The molecule has 0 bridgehead atoms. The van der Waals surface area contributed by atoms with Gasteiger partial charge in [-0.05, 0) is 27.9 Å². The molecule has 0 amide bonds. The molecule has 1 atom stereocenters. The SMILES string of the molecule is CN(C)CC1CN(CC(C)(C)N)CCO1.Cl. The molecule has 2 N–H and O–H groups in total. The molecule has 1 heterocycles. The molecular formula is C11H26ClN3O. The Hall–Kier alpha value is 0.130. The van der Waals surface area contributed by atoms with E-state index >= 15 is 0 Å². The van der Waals surface area contributed by atoms with E-state index in [-0.39, 0.29) is 17.9 Å². The second-order valence-corrected chi connectivity index (χ2v) is 5.48. The van der Waals surface area contributed by atoms with Gasteiger partial charge in [-0.25, -0.2) is 0 Å². The first-order valence-electron chi connectivity index (χ1n) is 5.64. The van der Waals surface area contributed by atoms with E-state index in [0.717, 1.165) is 32.8 Å².